The number of hydrogen-bond acceptors (Lipinski definition) is 8. The molecule has 1 aliphatic rings. The number of benzene rings is 2. The minimum absolute atomic E-state index is 0.0888. The summed E-state index contributed by atoms with van der Waals surface area (Å²) in [6.45, 7) is 16.2. The van der Waals surface area contributed by atoms with Gasteiger partial charge in [0, 0.05) is 35.3 Å². The monoisotopic (exact) mass is 759 g/mol. The van der Waals surface area contributed by atoms with Gasteiger partial charge in [-0.1, -0.05) is 74.5 Å². The number of para-hydroxylation sites is 2. The van der Waals surface area contributed by atoms with Crippen molar-refractivity contribution in [1.82, 2.24) is 0 Å². The predicted octanol–water partition coefficient (Wildman–Crippen LogP) is 9.11. The van der Waals surface area contributed by atoms with Gasteiger partial charge in [0.05, 0.1) is 45.3 Å². The molecule has 0 aromatic heterocycles. The van der Waals surface area contributed by atoms with Crippen LogP contribution in [0.25, 0.3) is 0 Å². The summed E-state index contributed by atoms with van der Waals surface area (Å²) >= 11 is 0. The number of rotatable bonds is 24. The van der Waals surface area contributed by atoms with Gasteiger partial charge in [-0.2, -0.15) is 0 Å². The standard InChI is InChI=1S/C40H60N2O8P2/c1-8-47-51(45,48-9-2)31-29-41-35-23-17-15-21-33(35)39(5,6)27-19-13-12-14-25-37-40(7,28-20-26-38(43)44)34-22-16-18-24-36(34)42(37)30-32-52(46,49-10-3)50-11-4/h12-19,21-25,41H,8-11,20,26-32H2,1-7H3,(H,43,44)/p+1/b14-12+,19-13+,37-25+. The van der Waals surface area contributed by atoms with Gasteiger partial charge in [0.15, 0.2) is 0 Å². The van der Waals surface area contributed by atoms with Crippen molar-refractivity contribution in [3.8, 4) is 0 Å². The van der Waals surface area contributed by atoms with Crippen LogP contribution in [0.2, 0.25) is 0 Å². The molecule has 2 aromatic rings. The number of nitrogens with zero attached hydrogens (tertiary/aromatic N) is 1. The molecule has 1 unspecified atom stereocenters. The number of carboxylic acids is 1. The van der Waals surface area contributed by atoms with E-state index in [0.29, 0.717) is 58.5 Å². The Bertz CT molecular complexity index is 1620. The van der Waals surface area contributed by atoms with Crippen molar-refractivity contribution in [3.63, 3.8) is 0 Å². The minimum atomic E-state index is -3.29. The first kappa shape index (κ1) is 43.6. The second kappa shape index (κ2) is 20.6. The van der Waals surface area contributed by atoms with Gasteiger partial charge in [-0.15, -0.1) is 0 Å². The van der Waals surface area contributed by atoms with Crippen molar-refractivity contribution in [2.45, 2.75) is 85.0 Å². The van der Waals surface area contributed by atoms with Gasteiger partial charge < -0.3 is 33.4 Å². The molecule has 0 saturated heterocycles. The van der Waals surface area contributed by atoms with Crippen LogP contribution in [-0.2, 0) is 42.8 Å². The highest BCUT2D eigenvalue weighted by Crippen LogP contribution is 2.53. The normalized spacial score (nSPS) is 17.5. The highest BCUT2D eigenvalue weighted by Gasteiger charge is 2.43. The van der Waals surface area contributed by atoms with E-state index in [1.54, 1.807) is 0 Å². The summed E-state index contributed by atoms with van der Waals surface area (Å²) in [5.74, 6) is -0.811. The maximum Gasteiger partial charge on any atom is 0.336 e. The van der Waals surface area contributed by atoms with Gasteiger partial charge in [0.2, 0.25) is 0 Å². The lowest BCUT2D eigenvalue weighted by atomic mass is 9.77. The van der Waals surface area contributed by atoms with Crippen molar-refractivity contribution in [1.29, 1.82) is 0 Å². The third-order valence-electron chi connectivity index (χ3n) is 9.31. The van der Waals surface area contributed by atoms with Crippen molar-refractivity contribution in [2.75, 3.05) is 56.7 Å². The summed E-state index contributed by atoms with van der Waals surface area (Å²) in [5.41, 5.74) is 4.87. The Balaban J connectivity index is 1.82. The second-order valence-corrected chi connectivity index (χ2v) is 18.0. The number of carboxylic acid groups (broad SMARTS) is 1. The summed E-state index contributed by atoms with van der Waals surface area (Å²) < 4.78 is 48.6. The van der Waals surface area contributed by atoms with Crippen molar-refractivity contribution < 1.29 is 42.4 Å². The number of fused-ring (bicyclic) bond motifs is 1. The van der Waals surface area contributed by atoms with Crippen LogP contribution in [-0.4, -0.2) is 62.9 Å². The summed E-state index contributed by atoms with van der Waals surface area (Å²) in [6, 6.07) is 16.5. The van der Waals surface area contributed by atoms with Gasteiger partial charge in [-0.3, -0.25) is 13.9 Å². The number of anilines is 1. The van der Waals surface area contributed by atoms with E-state index >= 15 is 0 Å². The molecular weight excluding hydrogens is 698 g/mol. The first-order valence-electron chi connectivity index (χ1n) is 18.6. The molecule has 0 bridgehead atoms. The lowest BCUT2D eigenvalue weighted by Gasteiger charge is -2.31. The maximum absolute atomic E-state index is 13.5. The van der Waals surface area contributed by atoms with E-state index in [-0.39, 0.29) is 18.0 Å². The second-order valence-electron chi connectivity index (χ2n) is 13.6. The van der Waals surface area contributed by atoms with Crippen LogP contribution in [0.4, 0.5) is 11.4 Å². The highest BCUT2D eigenvalue weighted by molar-refractivity contribution is 7.54. The average molecular weight is 760 g/mol. The number of quaternary nitrogens is 1. The van der Waals surface area contributed by atoms with Crippen LogP contribution in [0.5, 0.6) is 0 Å². The van der Waals surface area contributed by atoms with Gasteiger partial charge in [0.25, 0.3) is 0 Å². The number of carbonyl (C=O) groups is 1. The Morgan fingerprint density at radius 2 is 1.46 bits per heavy atom. The zero-order valence-corrected chi connectivity index (χ0v) is 34.0. The summed E-state index contributed by atoms with van der Waals surface area (Å²) in [7, 11) is -6.40. The van der Waals surface area contributed by atoms with E-state index in [0.717, 1.165) is 29.1 Å². The molecule has 3 rings (SSSR count). The minimum Gasteiger partial charge on any atom is -0.481 e. The van der Waals surface area contributed by atoms with Crippen molar-refractivity contribution >= 4 is 32.5 Å². The molecule has 3 N–H and O–H groups in total. The molecule has 1 aliphatic heterocycles. The number of nitrogens with two attached hydrogens (primary N) is 1. The summed E-state index contributed by atoms with van der Waals surface area (Å²) in [4.78, 5) is 13.6. The Morgan fingerprint density at radius 3 is 2.10 bits per heavy atom. The van der Waals surface area contributed by atoms with Crippen LogP contribution in [0.3, 0.4) is 0 Å². The number of allylic oxidation sites excluding steroid dienone is 6. The van der Waals surface area contributed by atoms with Crippen LogP contribution >= 0.6 is 15.2 Å². The number of aliphatic carboxylic acids is 1. The smallest absolute Gasteiger partial charge is 0.336 e. The van der Waals surface area contributed by atoms with E-state index in [4.69, 9.17) is 18.1 Å². The van der Waals surface area contributed by atoms with Crippen LogP contribution in [0, 0.1) is 0 Å². The number of hydrogen-bond donors (Lipinski definition) is 2. The van der Waals surface area contributed by atoms with E-state index < -0.39 is 26.6 Å². The van der Waals surface area contributed by atoms with Gasteiger partial charge in [-0.05, 0) is 83.1 Å². The highest BCUT2D eigenvalue weighted by atomic mass is 31.2. The molecule has 0 fully saturated rings. The van der Waals surface area contributed by atoms with E-state index in [9.17, 15) is 19.0 Å². The lowest BCUT2D eigenvalue weighted by molar-refractivity contribution is -0.567. The Labute approximate surface area is 311 Å². The molecule has 0 radical (unpaired) electrons. The molecule has 0 aliphatic carbocycles. The molecule has 12 heteroatoms. The van der Waals surface area contributed by atoms with Crippen molar-refractivity contribution in [3.05, 3.63) is 95.7 Å². The molecule has 0 saturated carbocycles. The Kier molecular flexibility index (Phi) is 17.3. The molecule has 288 valence electrons. The van der Waals surface area contributed by atoms with Crippen molar-refractivity contribution in [2.24, 2.45) is 0 Å². The first-order chi connectivity index (χ1) is 24.8. The predicted molar refractivity (Wildman–Crippen MR) is 211 cm³/mol. The molecular formula is C40H61N2O8P2+. The van der Waals surface area contributed by atoms with E-state index in [1.807, 2.05) is 58.0 Å². The fraction of sp³-hybridized carbons (Fsp3) is 0.525. The largest absolute Gasteiger partial charge is 0.481 e. The van der Waals surface area contributed by atoms with Crippen LogP contribution in [0.15, 0.2) is 84.6 Å². The molecule has 2 aromatic carbocycles. The Hall–Kier alpha value is -2.81. The topological polar surface area (TPSA) is 128 Å². The Morgan fingerprint density at radius 1 is 0.865 bits per heavy atom. The zero-order valence-electron chi connectivity index (χ0n) is 32.2. The molecule has 0 amide bonds. The van der Waals surface area contributed by atoms with Gasteiger partial charge in [-0.25, -0.2) is 0 Å². The van der Waals surface area contributed by atoms with Gasteiger partial charge in [0.1, 0.15) is 5.69 Å². The SMILES string of the molecule is CCOP(=O)(CC[NH2+]c1ccccc1C(C)(C)C/C=C/C=C/C=C1/N(CCP(=O)(OCC)OCC)c2ccccc2C1(C)CCCC(=O)O)OCC. The molecule has 1 atom stereocenters. The quantitative estimate of drug-likeness (QED) is 0.0612. The third-order valence-corrected chi connectivity index (χ3v) is 13.5. The van der Waals surface area contributed by atoms with E-state index in [2.05, 4.69) is 79.5 Å². The average Bonchev–Trinajstić information content (AvgIpc) is 3.32. The third kappa shape index (κ3) is 12.1. The van der Waals surface area contributed by atoms with Crippen LogP contribution < -0.4 is 10.2 Å². The summed E-state index contributed by atoms with van der Waals surface area (Å²) in [5, 5.41) is 11.5. The van der Waals surface area contributed by atoms with Crippen LogP contribution in [0.1, 0.15) is 85.3 Å². The lowest BCUT2D eigenvalue weighted by Crippen LogP contribution is -2.79. The molecule has 0 spiro atoms. The summed E-state index contributed by atoms with van der Waals surface area (Å²) in [6.07, 6.45) is 13.0. The molecule has 10 nitrogen and oxygen atoms in total. The molecule has 52 heavy (non-hydrogen) atoms. The zero-order chi connectivity index (χ0) is 38.3. The van der Waals surface area contributed by atoms with E-state index in [1.165, 1.54) is 5.56 Å². The van der Waals surface area contributed by atoms with Gasteiger partial charge >= 0.3 is 21.2 Å². The fourth-order valence-electron chi connectivity index (χ4n) is 6.89. The molecule has 1 heterocycles. The first-order valence-corrected chi connectivity index (χ1v) is 22.1. The fourth-order valence-corrected chi connectivity index (χ4v) is 10.0. The maximum atomic E-state index is 13.5.